The summed E-state index contributed by atoms with van der Waals surface area (Å²) in [6.07, 6.45) is 0.920. The first-order valence-corrected chi connectivity index (χ1v) is 3.89. The van der Waals surface area contributed by atoms with Crippen molar-refractivity contribution < 1.29 is 0 Å². The first-order chi connectivity index (χ1) is 4.75. The highest BCUT2D eigenvalue weighted by Gasteiger charge is 2.06. The van der Waals surface area contributed by atoms with Gasteiger partial charge in [-0.25, -0.2) is 0 Å². The number of aryl methyl sites for hydroxylation is 1. The summed E-state index contributed by atoms with van der Waals surface area (Å²) in [5.41, 5.74) is 1.26. The molecule has 0 unspecified atom stereocenters. The van der Waals surface area contributed by atoms with E-state index < -0.39 is 0 Å². The third kappa shape index (κ3) is 1.21. The average Bonchev–Trinajstić information content (AvgIpc) is 2.33. The lowest BCUT2D eigenvalue weighted by Crippen LogP contribution is -1.96. The van der Waals surface area contributed by atoms with Gasteiger partial charge in [0.05, 0.1) is 10.6 Å². The molecule has 1 heterocycles. The minimum Gasteiger partial charge on any atom is -0.303 e. The van der Waals surface area contributed by atoms with Crippen LogP contribution in [0.1, 0.15) is 24.4 Å². The predicted octanol–water partition coefficient (Wildman–Crippen LogP) is 1.49. The first kappa shape index (κ1) is 7.34. The van der Waals surface area contributed by atoms with Gasteiger partial charge in [-0.3, -0.25) is 0 Å². The lowest BCUT2D eigenvalue weighted by molar-refractivity contribution is 1.09. The Morgan fingerprint density at radius 2 is 2.40 bits per heavy atom. The molecule has 0 radical (unpaired) electrons. The fourth-order valence-corrected chi connectivity index (χ4v) is 1.36. The molecular weight excluding hydrogens is 146 g/mol. The molecule has 4 heteroatoms. The monoisotopic (exact) mass is 155 g/mol. The molecule has 0 aromatic carbocycles. The molecule has 0 spiro atoms. The Hall–Kier alpha value is -0.770. The van der Waals surface area contributed by atoms with Crippen LogP contribution in [0.2, 0.25) is 0 Å². The van der Waals surface area contributed by atoms with Crippen molar-refractivity contribution in [2.75, 3.05) is 0 Å². The lowest BCUT2D eigenvalue weighted by Gasteiger charge is -1.91. The van der Waals surface area contributed by atoms with Gasteiger partial charge < -0.3 is 5.41 Å². The number of aromatic nitrogens is 2. The van der Waals surface area contributed by atoms with Crippen molar-refractivity contribution >= 4 is 17.2 Å². The average molecular weight is 155 g/mol. The van der Waals surface area contributed by atoms with Gasteiger partial charge in [0.15, 0.2) is 0 Å². The summed E-state index contributed by atoms with van der Waals surface area (Å²) in [7, 11) is 0. The van der Waals surface area contributed by atoms with Crippen LogP contribution >= 0.6 is 11.5 Å². The molecule has 1 rings (SSSR count). The molecule has 0 aliphatic carbocycles. The minimum absolute atomic E-state index is 0.505. The number of hydrogen-bond acceptors (Lipinski definition) is 4. The van der Waals surface area contributed by atoms with E-state index in [1.54, 1.807) is 6.92 Å². The van der Waals surface area contributed by atoms with E-state index in [1.807, 2.05) is 6.92 Å². The second-order valence-electron chi connectivity index (χ2n) is 2.02. The highest BCUT2D eigenvalue weighted by Crippen LogP contribution is 2.10. The summed E-state index contributed by atoms with van der Waals surface area (Å²) in [5.74, 6) is 0. The zero-order valence-corrected chi connectivity index (χ0v) is 6.83. The predicted molar refractivity (Wildman–Crippen MR) is 41.8 cm³/mol. The second-order valence-corrected chi connectivity index (χ2v) is 2.86. The van der Waals surface area contributed by atoms with Crippen LogP contribution in [0.4, 0.5) is 0 Å². The Morgan fingerprint density at radius 3 is 2.80 bits per heavy atom. The summed E-state index contributed by atoms with van der Waals surface area (Å²) in [4.78, 5) is 1.10. The molecular formula is C6H9N3S. The second kappa shape index (κ2) is 2.88. The number of hydrogen-bond donors (Lipinski definition) is 1. The van der Waals surface area contributed by atoms with Crippen LogP contribution in [0.5, 0.6) is 0 Å². The zero-order chi connectivity index (χ0) is 7.56. The van der Waals surface area contributed by atoms with E-state index >= 15 is 0 Å². The van der Waals surface area contributed by atoms with E-state index in [2.05, 4.69) is 9.59 Å². The van der Waals surface area contributed by atoms with Crippen molar-refractivity contribution in [2.24, 2.45) is 0 Å². The van der Waals surface area contributed by atoms with E-state index in [0.29, 0.717) is 5.71 Å². The maximum Gasteiger partial charge on any atom is 0.122 e. The van der Waals surface area contributed by atoms with Crippen molar-refractivity contribution in [3.63, 3.8) is 0 Å². The molecule has 3 nitrogen and oxygen atoms in total. The van der Waals surface area contributed by atoms with E-state index in [0.717, 1.165) is 17.0 Å². The largest absolute Gasteiger partial charge is 0.303 e. The first-order valence-electron chi connectivity index (χ1n) is 3.12. The fraction of sp³-hybridized carbons (Fsp3) is 0.500. The molecule has 0 atom stereocenters. The highest BCUT2D eigenvalue weighted by molar-refractivity contribution is 7.05. The standard InChI is InChI=1S/C6H9N3S/c1-3-5-6(4(2)7)8-9-10-5/h7H,3H2,1-2H3. The van der Waals surface area contributed by atoms with Crippen LogP contribution < -0.4 is 0 Å². The molecule has 54 valence electrons. The Labute approximate surface area is 63.8 Å². The Balaban J connectivity index is 3.01. The van der Waals surface area contributed by atoms with Gasteiger partial charge in [0.1, 0.15) is 5.69 Å². The van der Waals surface area contributed by atoms with Gasteiger partial charge in [0.2, 0.25) is 0 Å². The summed E-state index contributed by atoms with van der Waals surface area (Å²) < 4.78 is 3.77. The fourth-order valence-electron chi connectivity index (χ4n) is 0.726. The minimum atomic E-state index is 0.505. The summed E-state index contributed by atoms with van der Waals surface area (Å²) in [5, 5.41) is 11.1. The van der Waals surface area contributed by atoms with Gasteiger partial charge in [-0.2, -0.15) is 0 Å². The van der Waals surface area contributed by atoms with Gasteiger partial charge in [0, 0.05) is 0 Å². The van der Waals surface area contributed by atoms with Gasteiger partial charge in [-0.15, -0.1) is 5.10 Å². The molecule has 0 aliphatic rings. The smallest absolute Gasteiger partial charge is 0.122 e. The summed E-state index contributed by atoms with van der Waals surface area (Å²) in [6.45, 7) is 3.78. The van der Waals surface area contributed by atoms with Crippen LogP contribution in [-0.2, 0) is 6.42 Å². The van der Waals surface area contributed by atoms with Crippen LogP contribution in [0.3, 0.4) is 0 Å². The molecule has 1 aromatic rings. The van der Waals surface area contributed by atoms with Gasteiger partial charge >= 0.3 is 0 Å². The SMILES string of the molecule is CCc1snnc1C(C)=N. The molecule has 1 aromatic heterocycles. The van der Waals surface area contributed by atoms with Crippen molar-refractivity contribution in [1.29, 1.82) is 5.41 Å². The zero-order valence-electron chi connectivity index (χ0n) is 6.01. The maximum absolute atomic E-state index is 7.30. The number of nitrogens with one attached hydrogen (secondary N) is 1. The number of nitrogens with zero attached hydrogens (tertiary/aromatic N) is 2. The van der Waals surface area contributed by atoms with Crippen LogP contribution in [0.25, 0.3) is 0 Å². The Bertz CT molecular complexity index is 241. The Morgan fingerprint density at radius 1 is 1.70 bits per heavy atom. The van der Waals surface area contributed by atoms with Crippen LogP contribution in [-0.4, -0.2) is 15.3 Å². The molecule has 0 saturated carbocycles. The topological polar surface area (TPSA) is 49.6 Å². The van der Waals surface area contributed by atoms with Crippen molar-refractivity contribution in [2.45, 2.75) is 20.3 Å². The van der Waals surface area contributed by atoms with Crippen molar-refractivity contribution in [3.05, 3.63) is 10.6 Å². The van der Waals surface area contributed by atoms with Gasteiger partial charge in [-0.05, 0) is 24.9 Å². The quantitative estimate of drug-likeness (QED) is 0.658. The van der Waals surface area contributed by atoms with E-state index in [9.17, 15) is 0 Å². The normalized spacial score (nSPS) is 9.80. The highest BCUT2D eigenvalue weighted by atomic mass is 32.1. The molecule has 0 saturated heterocycles. The molecule has 0 fully saturated rings. The van der Waals surface area contributed by atoms with Crippen LogP contribution in [0.15, 0.2) is 0 Å². The molecule has 10 heavy (non-hydrogen) atoms. The van der Waals surface area contributed by atoms with Gasteiger partial charge in [0.25, 0.3) is 0 Å². The summed E-state index contributed by atoms with van der Waals surface area (Å²) in [6, 6.07) is 0. The molecule has 0 bridgehead atoms. The maximum atomic E-state index is 7.30. The van der Waals surface area contributed by atoms with Gasteiger partial charge in [-0.1, -0.05) is 11.4 Å². The third-order valence-corrected chi connectivity index (χ3v) is 2.10. The van der Waals surface area contributed by atoms with Crippen molar-refractivity contribution in [3.8, 4) is 0 Å². The molecule has 1 N–H and O–H groups in total. The lowest BCUT2D eigenvalue weighted by atomic mass is 10.2. The molecule has 0 amide bonds. The number of rotatable bonds is 2. The Kier molecular flexibility index (Phi) is 2.11. The van der Waals surface area contributed by atoms with E-state index in [4.69, 9.17) is 5.41 Å². The third-order valence-electron chi connectivity index (χ3n) is 1.23. The molecule has 0 aliphatic heterocycles. The van der Waals surface area contributed by atoms with Crippen molar-refractivity contribution in [1.82, 2.24) is 9.59 Å². The summed E-state index contributed by atoms with van der Waals surface area (Å²) >= 11 is 1.38. The van der Waals surface area contributed by atoms with Crippen LogP contribution in [0, 0.1) is 5.41 Å². The van der Waals surface area contributed by atoms with E-state index in [-0.39, 0.29) is 0 Å². The van der Waals surface area contributed by atoms with E-state index in [1.165, 1.54) is 11.5 Å².